The lowest BCUT2D eigenvalue weighted by Gasteiger charge is -2.09. The SMILES string of the molecule is CNCCCc1cn(CCOC(C)C)c2ccccc12. The molecule has 0 aliphatic carbocycles. The number of nitrogens with one attached hydrogen (secondary N) is 1. The van der Waals surface area contributed by atoms with E-state index in [0.29, 0.717) is 6.10 Å². The van der Waals surface area contributed by atoms with Crippen molar-refractivity contribution in [3.05, 3.63) is 36.0 Å². The van der Waals surface area contributed by atoms with Gasteiger partial charge in [-0.2, -0.15) is 0 Å². The largest absolute Gasteiger partial charge is 0.377 e. The summed E-state index contributed by atoms with van der Waals surface area (Å²) in [6, 6.07) is 8.66. The molecule has 2 aromatic rings. The minimum Gasteiger partial charge on any atom is -0.377 e. The number of aryl methyl sites for hydroxylation is 1. The molecule has 0 saturated heterocycles. The van der Waals surface area contributed by atoms with Crippen molar-refractivity contribution in [3.8, 4) is 0 Å². The van der Waals surface area contributed by atoms with E-state index in [1.54, 1.807) is 0 Å². The third-order valence-electron chi connectivity index (χ3n) is 3.53. The van der Waals surface area contributed by atoms with Gasteiger partial charge in [0.15, 0.2) is 0 Å². The van der Waals surface area contributed by atoms with Crippen LogP contribution in [0.4, 0.5) is 0 Å². The average Bonchev–Trinajstić information content (AvgIpc) is 2.78. The Bertz CT molecular complexity index is 531. The molecule has 0 amide bonds. The molecule has 2 rings (SSSR count). The molecular weight excluding hydrogens is 248 g/mol. The Balaban J connectivity index is 2.13. The molecule has 0 aliphatic heterocycles. The fourth-order valence-electron chi connectivity index (χ4n) is 2.55. The lowest BCUT2D eigenvalue weighted by atomic mass is 10.1. The fourth-order valence-corrected chi connectivity index (χ4v) is 2.55. The number of aromatic nitrogens is 1. The number of para-hydroxylation sites is 1. The molecule has 110 valence electrons. The van der Waals surface area contributed by atoms with E-state index in [4.69, 9.17) is 4.74 Å². The standard InChI is InChI=1S/C17H26N2O/c1-14(2)20-12-11-19-13-15(7-6-10-18-3)16-8-4-5-9-17(16)19/h4-5,8-9,13-14,18H,6-7,10-12H2,1-3H3. The molecule has 1 heterocycles. The third kappa shape index (κ3) is 3.84. The van der Waals surface area contributed by atoms with Crippen LogP contribution in [0.5, 0.6) is 0 Å². The molecule has 20 heavy (non-hydrogen) atoms. The first-order valence-electron chi connectivity index (χ1n) is 7.55. The van der Waals surface area contributed by atoms with E-state index in [1.165, 1.54) is 22.9 Å². The van der Waals surface area contributed by atoms with Crippen molar-refractivity contribution in [1.82, 2.24) is 9.88 Å². The zero-order valence-electron chi connectivity index (χ0n) is 12.9. The maximum Gasteiger partial charge on any atom is 0.0649 e. The van der Waals surface area contributed by atoms with Gasteiger partial charge >= 0.3 is 0 Å². The van der Waals surface area contributed by atoms with Crippen LogP contribution in [-0.2, 0) is 17.7 Å². The Morgan fingerprint density at radius 3 is 2.80 bits per heavy atom. The van der Waals surface area contributed by atoms with Crippen LogP contribution in [0.1, 0.15) is 25.8 Å². The number of rotatable bonds is 8. The second-order valence-electron chi connectivity index (χ2n) is 5.49. The molecule has 0 aliphatic rings. The molecule has 0 saturated carbocycles. The van der Waals surface area contributed by atoms with E-state index in [9.17, 15) is 0 Å². The van der Waals surface area contributed by atoms with Crippen molar-refractivity contribution in [3.63, 3.8) is 0 Å². The van der Waals surface area contributed by atoms with Gasteiger partial charge < -0.3 is 14.6 Å². The van der Waals surface area contributed by atoms with Crippen LogP contribution >= 0.6 is 0 Å². The molecule has 0 spiro atoms. The molecule has 3 nitrogen and oxygen atoms in total. The summed E-state index contributed by atoms with van der Waals surface area (Å²) in [5.41, 5.74) is 2.76. The van der Waals surface area contributed by atoms with Crippen LogP contribution < -0.4 is 5.32 Å². The Morgan fingerprint density at radius 1 is 1.25 bits per heavy atom. The van der Waals surface area contributed by atoms with Gasteiger partial charge in [0.2, 0.25) is 0 Å². The van der Waals surface area contributed by atoms with Crippen LogP contribution in [0, 0.1) is 0 Å². The molecule has 0 bridgehead atoms. The summed E-state index contributed by atoms with van der Waals surface area (Å²) >= 11 is 0. The molecule has 3 heteroatoms. The van der Waals surface area contributed by atoms with E-state index < -0.39 is 0 Å². The molecular formula is C17H26N2O. The maximum absolute atomic E-state index is 5.67. The summed E-state index contributed by atoms with van der Waals surface area (Å²) in [5, 5.41) is 4.60. The number of hydrogen-bond acceptors (Lipinski definition) is 2. The predicted octanol–water partition coefficient (Wildman–Crippen LogP) is 3.22. The highest BCUT2D eigenvalue weighted by Gasteiger charge is 2.07. The van der Waals surface area contributed by atoms with Crippen molar-refractivity contribution in [2.75, 3.05) is 20.2 Å². The Labute approximate surface area is 121 Å². The normalized spacial score (nSPS) is 11.6. The van der Waals surface area contributed by atoms with Gasteiger partial charge in [0, 0.05) is 23.6 Å². The number of benzene rings is 1. The van der Waals surface area contributed by atoms with Crippen molar-refractivity contribution in [2.24, 2.45) is 0 Å². The molecule has 1 N–H and O–H groups in total. The highest BCUT2D eigenvalue weighted by molar-refractivity contribution is 5.83. The number of ether oxygens (including phenoxy) is 1. The van der Waals surface area contributed by atoms with E-state index in [1.807, 2.05) is 7.05 Å². The van der Waals surface area contributed by atoms with Crippen LogP contribution in [-0.4, -0.2) is 30.9 Å². The van der Waals surface area contributed by atoms with Gasteiger partial charge in [0.25, 0.3) is 0 Å². The Hall–Kier alpha value is -1.32. The first kappa shape index (κ1) is 15.1. The summed E-state index contributed by atoms with van der Waals surface area (Å²) in [6.45, 7) is 6.92. The second-order valence-corrected chi connectivity index (χ2v) is 5.49. The Kier molecular flexibility index (Phi) is 5.62. The van der Waals surface area contributed by atoms with Gasteiger partial charge in [0.1, 0.15) is 0 Å². The number of nitrogens with zero attached hydrogens (tertiary/aromatic N) is 1. The van der Waals surface area contributed by atoms with E-state index >= 15 is 0 Å². The predicted molar refractivity (Wildman–Crippen MR) is 85.3 cm³/mol. The molecule has 0 fully saturated rings. The molecule has 1 aromatic carbocycles. The van der Waals surface area contributed by atoms with Crippen LogP contribution in [0.25, 0.3) is 10.9 Å². The van der Waals surface area contributed by atoms with Gasteiger partial charge in [-0.1, -0.05) is 18.2 Å². The van der Waals surface area contributed by atoms with Gasteiger partial charge in [-0.25, -0.2) is 0 Å². The van der Waals surface area contributed by atoms with Crippen molar-refractivity contribution < 1.29 is 4.74 Å². The van der Waals surface area contributed by atoms with Gasteiger partial charge in [0.05, 0.1) is 12.7 Å². The lowest BCUT2D eigenvalue weighted by Crippen LogP contribution is -2.10. The van der Waals surface area contributed by atoms with E-state index in [2.05, 4.69) is 54.2 Å². The van der Waals surface area contributed by atoms with Crippen LogP contribution in [0.3, 0.4) is 0 Å². The summed E-state index contributed by atoms with van der Waals surface area (Å²) in [7, 11) is 2.01. The smallest absolute Gasteiger partial charge is 0.0649 e. The fraction of sp³-hybridized carbons (Fsp3) is 0.529. The first-order chi connectivity index (χ1) is 9.72. The van der Waals surface area contributed by atoms with Crippen molar-refractivity contribution in [2.45, 2.75) is 39.3 Å². The number of hydrogen-bond donors (Lipinski definition) is 1. The van der Waals surface area contributed by atoms with Crippen LogP contribution in [0.15, 0.2) is 30.5 Å². The maximum atomic E-state index is 5.67. The quantitative estimate of drug-likeness (QED) is 0.748. The monoisotopic (exact) mass is 274 g/mol. The zero-order chi connectivity index (χ0) is 14.4. The molecule has 0 unspecified atom stereocenters. The van der Waals surface area contributed by atoms with Crippen LogP contribution in [0.2, 0.25) is 0 Å². The van der Waals surface area contributed by atoms with Crippen molar-refractivity contribution in [1.29, 1.82) is 0 Å². The average molecular weight is 274 g/mol. The number of fused-ring (bicyclic) bond motifs is 1. The second kappa shape index (κ2) is 7.46. The van der Waals surface area contributed by atoms with Gasteiger partial charge in [-0.15, -0.1) is 0 Å². The summed E-state index contributed by atoms with van der Waals surface area (Å²) in [4.78, 5) is 0. The summed E-state index contributed by atoms with van der Waals surface area (Å²) in [5.74, 6) is 0. The lowest BCUT2D eigenvalue weighted by molar-refractivity contribution is 0.0733. The van der Waals surface area contributed by atoms with Gasteiger partial charge in [-0.3, -0.25) is 0 Å². The third-order valence-corrected chi connectivity index (χ3v) is 3.53. The highest BCUT2D eigenvalue weighted by atomic mass is 16.5. The molecule has 0 atom stereocenters. The molecule has 0 radical (unpaired) electrons. The summed E-state index contributed by atoms with van der Waals surface area (Å²) in [6.07, 6.45) is 4.89. The van der Waals surface area contributed by atoms with Gasteiger partial charge in [-0.05, 0) is 51.9 Å². The molecule has 1 aromatic heterocycles. The first-order valence-corrected chi connectivity index (χ1v) is 7.55. The highest BCUT2D eigenvalue weighted by Crippen LogP contribution is 2.22. The van der Waals surface area contributed by atoms with E-state index in [-0.39, 0.29) is 0 Å². The minimum absolute atomic E-state index is 0.298. The van der Waals surface area contributed by atoms with E-state index in [0.717, 1.165) is 26.1 Å². The minimum atomic E-state index is 0.298. The Morgan fingerprint density at radius 2 is 2.05 bits per heavy atom. The topological polar surface area (TPSA) is 26.2 Å². The summed E-state index contributed by atoms with van der Waals surface area (Å²) < 4.78 is 8.00. The van der Waals surface area contributed by atoms with Crippen molar-refractivity contribution >= 4 is 10.9 Å². The zero-order valence-corrected chi connectivity index (χ0v) is 12.9.